The van der Waals surface area contributed by atoms with Crippen LogP contribution in [0, 0.1) is 0 Å². The highest BCUT2D eigenvalue weighted by molar-refractivity contribution is 8.00. The quantitative estimate of drug-likeness (QED) is 0.766. The van der Waals surface area contributed by atoms with Gasteiger partial charge < -0.3 is 15.8 Å². The Kier molecular flexibility index (Phi) is 4.94. The molecule has 1 saturated heterocycles. The molecule has 0 saturated carbocycles. The maximum Gasteiger partial charge on any atom is 0.414 e. The van der Waals surface area contributed by atoms with Gasteiger partial charge in [-0.2, -0.15) is 0 Å². The first-order valence-corrected chi connectivity index (χ1v) is 8.84. The fraction of sp³-hybridized carbons (Fsp3) is 0.438. The summed E-state index contributed by atoms with van der Waals surface area (Å²) in [6, 6.07) is 5.57. The number of unbranched alkanes of at least 4 members (excludes halogenated alkanes) is 1. The lowest BCUT2D eigenvalue weighted by Crippen LogP contribution is -2.25. The van der Waals surface area contributed by atoms with E-state index in [0.29, 0.717) is 37.2 Å². The Morgan fingerprint density at radius 1 is 1.38 bits per heavy atom. The van der Waals surface area contributed by atoms with Crippen molar-refractivity contribution in [3.63, 3.8) is 0 Å². The van der Waals surface area contributed by atoms with Crippen LogP contribution in [0.1, 0.15) is 25.7 Å². The first-order chi connectivity index (χ1) is 11.5. The highest BCUT2D eigenvalue weighted by Gasteiger charge is 2.32. The fourth-order valence-corrected chi connectivity index (χ4v) is 3.58. The molecule has 24 heavy (non-hydrogen) atoms. The van der Waals surface area contributed by atoms with Gasteiger partial charge >= 0.3 is 6.09 Å². The zero-order chi connectivity index (χ0) is 17.1. The third-order valence-electron chi connectivity index (χ3n) is 3.98. The van der Waals surface area contributed by atoms with Gasteiger partial charge in [0.2, 0.25) is 11.8 Å². The van der Waals surface area contributed by atoms with Crippen molar-refractivity contribution < 1.29 is 19.1 Å². The third-order valence-corrected chi connectivity index (χ3v) is 5.05. The van der Waals surface area contributed by atoms with E-state index in [0.717, 1.165) is 17.0 Å². The molecular formula is C16H19N3O4S. The number of benzene rings is 1. The Hall–Kier alpha value is -2.22. The second-order valence-electron chi connectivity index (χ2n) is 5.85. The number of fused-ring (bicyclic) bond motifs is 1. The number of thioether (sulfide) groups is 1. The molecule has 0 radical (unpaired) electrons. The van der Waals surface area contributed by atoms with Crippen LogP contribution in [0.15, 0.2) is 23.1 Å². The lowest BCUT2D eigenvalue weighted by atomic mass is 10.1. The number of rotatable bonds is 6. The summed E-state index contributed by atoms with van der Waals surface area (Å²) in [4.78, 5) is 36.9. The average Bonchev–Trinajstić information content (AvgIpc) is 2.91. The van der Waals surface area contributed by atoms with Crippen LogP contribution in [-0.4, -0.2) is 36.3 Å². The number of ether oxygens (including phenoxy) is 1. The molecule has 0 aromatic heterocycles. The van der Waals surface area contributed by atoms with E-state index in [2.05, 4.69) is 5.32 Å². The second kappa shape index (κ2) is 7.12. The molecular weight excluding hydrogens is 330 g/mol. The summed E-state index contributed by atoms with van der Waals surface area (Å²) >= 11 is 1.48. The minimum absolute atomic E-state index is 0.0408. The summed E-state index contributed by atoms with van der Waals surface area (Å²) in [5, 5.41) is 2.82. The van der Waals surface area contributed by atoms with Gasteiger partial charge in [0.25, 0.3) is 0 Å². The Morgan fingerprint density at radius 2 is 2.21 bits per heavy atom. The molecule has 1 atom stereocenters. The number of carbonyl (C=O) groups excluding carboxylic acids is 3. The second-order valence-corrected chi connectivity index (χ2v) is 6.86. The summed E-state index contributed by atoms with van der Waals surface area (Å²) in [6.07, 6.45) is 1.96. The van der Waals surface area contributed by atoms with Crippen LogP contribution >= 0.6 is 11.8 Å². The number of nitrogens with two attached hydrogens (primary N) is 1. The molecule has 1 aromatic rings. The van der Waals surface area contributed by atoms with Crippen molar-refractivity contribution in [1.82, 2.24) is 0 Å². The highest BCUT2D eigenvalue weighted by Crippen LogP contribution is 2.35. The molecule has 7 nitrogen and oxygen atoms in total. The first kappa shape index (κ1) is 16.6. The van der Waals surface area contributed by atoms with E-state index in [1.807, 2.05) is 12.1 Å². The van der Waals surface area contributed by atoms with Crippen molar-refractivity contribution in [2.24, 2.45) is 5.73 Å². The van der Waals surface area contributed by atoms with Gasteiger partial charge in [-0.3, -0.25) is 14.5 Å². The number of cyclic esters (lactones) is 1. The van der Waals surface area contributed by atoms with Crippen LogP contribution in [0.2, 0.25) is 0 Å². The molecule has 2 heterocycles. The zero-order valence-corrected chi connectivity index (χ0v) is 13.9. The van der Waals surface area contributed by atoms with Crippen LogP contribution in [0.3, 0.4) is 0 Å². The van der Waals surface area contributed by atoms with Gasteiger partial charge in [-0.25, -0.2) is 4.79 Å². The van der Waals surface area contributed by atoms with E-state index >= 15 is 0 Å². The molecule has 3 amide bonds. The molecule has 3 rings (SSSR count). The summed E-state index contributed by atoms with van der Waals surface area (Å²) in [7, 11) is 0. The van der Waals surface area contributed by atoms with Gasteiger partial charge in [0.1, 0.15) is 6.10 Å². The summed E-state index contributed by atoms with van der Waals surface area (Å²) in [6.45, 7) is 0.468. The van der Waals surface area contributed by atoms with E-state index in [4.69, 9.17) is 10.5 Å². The van der Waals surface area contributed by atoms with Crippen molar-refractivity contribution in [2.45, 2.75) is 36.7 Å². The molecule has 8 heteroatoms. The summed E-state index contributed by atoms with van der Waals surface area (Å²) < 4.78 is 5.38. The Balaban J connectivity index is 1.61. The molecule has 1 fully saturated rings. The minimum atomic E-state index is -0.385. The molecule has 3 N–H and O–H groups in total. The van der Waals surface area contributed by atoms with Crippen molar-refractivity contribution >= 4 is 41.0 Å². The number of primary amides is 1. The number of hydrogen-bond acceptors (Lipinski definition) is 5. The van der Waals surface area contributed by atoms with E-state index < -0.39 is 0 Å². The molecule has 128 valence electrons. The van der Waals surface area contributed by atoms with Crippen molar-refractivity contribution in [2.75, 3.05) is 22.5 Å². The zero-order valence-electron chi connectivity index (χ0n) is 13.1. The largest absolute Gasteiger partial charge is 0.444 e. The van der Waals surface area contributed by atoms with Crippen LogP contribution in [0.25, 0.3) is 0 Å². The third kappa shape index (κ3) is 3.81. The maximum absolute atomic E-state index is 12.1. The topological polar surface area (TPSA) is 102 Å². The first-order valence-electron chi connectivity index (χ1n) is 7.86. The van der Waals surface area contributed by atoms with Gasteiger partial charge in [-0.1, -0.05) is 0 Å². The Labute approximate surface area is 143 Å². The predicted octanol–water partition coefficient (Wildman–Crippen LogP) is 2.10. The Morgan fingerprint density at radius 3 is 3.00 bits per heavy atom. The monoisotopic (exact) mass is 349 g/mol. The molecule has 0 spiro atoms. The number of nitrogens with one attached hydrogen (secondary N) is 1. The van der Waals surface area contributed by atoms with E-state index in [1.54, 1.807) is 11.0 Å². The Bertz CT molecular complexity index is 679. The number of amides is 3. The van der Waals surface area contributed by atoms with Gasteiger partial charge in [0.15, 0.2) is 0 Å². The lowest BCUT2D eigenvalue weighted by Gasteiger charge is -2.19. The fourth-order valence-electron chi connectivity index (χ4n) is 2.79. The highest BCUT2D eigenvalue weighted by atomic mass is 32.2. The molecule has 2 aliphatic rings. The minimum Gasteiger partial charge on any atom is -0.444 e. The van der Waals surface area contributed by atoms with E-state index in [1.165, 1.54) is 11.8 Å². The number of carbonyl (C=O) groups is 3. The van der Waals surface area contributed by atoms with Crippen molar-refractivity contribution in [3.8, 4) is 0 Å². The van der Waals surface area contributed by atoms with Gasteiger partial charge in [-0.05, 0) is 37.5 Å². The number of anilines is 2. The SMILES string of the molecule is NC(=O)CCCC[C@@H]1CN(c2ccc3c(c2)NC(=O)CS3)C(=O)O1. The van der Waals surface area contributed by atoms with Gasteiger partial charge in [-0.15, -0.1) is 11.8 Å². The lowest BCUT2D eigenvalue weighted by molar-refractivity contribution is -0.118. The molecule has 1 aromatic carbocycles. The summed E-state index contributed by atoms with van der Waals surface area (Å²) in [5.41, 5.74) is 6.55. The smallest absolute Gasteiger partial charge is 0.414 e. The van der Waals surface area contributed by atoms with Crippen LogP contribution in [0.5, 0.6) is 0 Å². The normalized spacial score (nSPS) is 19.7. The van der Waals surface area contributed by atoms with Crippen molar-refractivity contribution in [1.29, 1.82) is 0 Å². The maximum atomic E-state index is 12.1. The van der Waals surface area contributed by atoms with Crippen LogP contribution in [-0.2, 0) is 14.3 Å². The van der Waals surface area contributed by atoms with Gasteiger partial charge in [0.05, 0.1) is 18.0 Å². The molecule has 2 aliphatic heterocycles. The number of nitrogens with zero attached hydrogens (tertiary/aromatic N) is 1. The molecule has 0 unspecified atom stereocenters. The molecule has 0 bridgehead atoms. The van der Waals surface area contributed by atoms with E-state index in [9.17, 15) is 14.4 Å². The van der Waals surface area contributed by atoms with Crippen molar-refractivity contribution in [3.05, 3.63) is 18.2 Å². The van der Waals surface area contributed by atoms with Crippen LogP contribution in [0.4, 0.5) is 16.2 Å². The van der Waals surface area contributed by atoms with Gasteiger partial charge in [0, 0.05) is 17.0 Å². The van der Waals surface area contributed by atoms with Crippen LogP contribution < -0.4 is 16.0 Å². The average molecular weight is 349 g/mol. The standard InChI is InChI=1S/C16H19N3O4S/c17-14(20)4-2-1-3-11-8-19(16(22)23-11)10-5-6-13-12(7-10)18-15(21)9-24-13/h5-7,11H,1-4,8-9H2,(H2,17,20)(H,18,21)/t11-/m1/s1. The van der Waals surface area contributed by atoms with E-state index in [-0.39, 0.29) is 24.0 Å². The predicted molar refractivity (Wildman–Crippen MR) is 91.1 cm³/mol. The summed E-state index contributed by atoms with van der Waals surface area (Å²) in [5.74, 6) is 0.0564. The number of hydrogen-bond donors (Lipinski definition) is 2. The molecule has 0 aliphatic carbocycles.